The molecule has 27 heavy (non-hydrogen) atoms. The molecular weight excluding hydrogens is 358 g/mol. The Labute approximate surface area is 163 Å². The number of carbonyl (C=O) groups excluding carboxylic acids is 2. The number of carbonyl (C=O) groups is 2. The van der Waals surface area contributed by atoms with Gasteiger partial charge in [-0.2, -0.15) is 0 Å². The van der Waals surface area contributed by atoms with Crippen LogP contribution in [0.1, 0.15) is 46.5 Å². The summed E-state index contributed by atoms with van der Waals surface area (Å²) in [6.07, 6.45) is 5.43. The number of hydrogen-bond donors (Lipinski definition) is 2. The topological polar surface area (TPSA) is 61.4 Å². The predicted octanol–water partition coefficient (Wildman–Crippen LogP) is 3.42. The van der Waals surface area contributed by atoms with Crippen LogP contribution >= 0.6 is 11.3 Å². The summed E-state index contributed by atoms with van der Waals surface area (Å²) in [5.74, 6) is -0.173. The maximum atomic E-state index is 12.6. The van der Waals surface area contributed by atoms with Gasteiger partial charge in [0.25, 0.3) is 5.91 Å². The molecule has 0 spiro atoms. The van der Waals surface area contributed by atoms with Crippen LogP contribution in [-0.2, 0) is 17.8 Å². The van der Waals surface area contributed by atoms with E-state index in [9.17, 15) is 9.59 Å². The molecule has 2 aromatic rings. The van der Waals surface area contributed by atoms with E-state index in [1.165, 1.54) is 23.3 Å². The van der Waals surface area contributed by atoms with Crippen LogP contribution < -0.4 is 10.6 Å². The molecule has 142 valence electrons. The van der Waals surface area contributed by atoms with Gasteiger partial charge in [0.15, 0.2) is 0 Å². The smallest absolute Gasteiger partial charge is 0.253 e. The Hall–Kier alpha value is -2.18. The monoisotopic (exact) mass is 383 g/mol. The number of para-hydroxylation sites is 1. The highest BCUT2D eigenvalue weighted by Crippen LogP contribution is 2.24. The summed E-state index contributed by atoms with van der Waals surface area (Å²) in [6, 6.07) is 9.66. The number of nitrogens with one attached hydrogen (secondary N) is 2. The number of nitrogens with zero attached hydrogens (tertiary/aromatic N) is 1. The molecule has 0 radical (unpaired) electrons. The SMILES string of the molecule is O=C(CN1CCc2sccc2C1)Nc1ccccc1C(=O)NC1CCCC1. The summed E-state index contributed by atoms with van der Waals surface area (Å²) in [4.78, 5) is 28.8. The van der Waals surface area contributed by atoms with Crippen molar-refractivity contribution < 1.29 is 9.59 Å². The lowest BCUT2D eigenvalue weighted by Crippen LogP contribution is -2.37. The van der Waals surface area contributed by atoms with E-state index in [1.807, 2.05) is 12.1 Å². The zero-order valence-electron chi connectivity index (χ0n) is 15.4. The number of amides is 2. The van der Waals surface area contributed by atoms with E-state index < -0.39 is 0 Å². The molecule has 4 rings (SSSR count). The molecule has 2 heterocycles. The molecule has 1 aliphatic heterocycles. The second-order valence-electron chi connectivity index (χ2n) is 7.38. The van der Waals surface area contributed by atoms with Crippen LogP contribution in [0.5, 0.6) is 0 Å². The first-order chi connectivity index (χ1) is 13.2. The largest absolute Gasteiger partial charge is 0.349 e. The Bertz CT molecular complexity index is 826. The van der Waals surface area contributed by atoms with Crippen molar-refractivity contribution >= 4 is 28.8 Å². The van der Waals surface area contributed by atoms with Gasteiger partial charge in [0.1, 0.15) is 0 Å². The van der Waals surface area contributed by atoms with Gasteiger partial charge in [-0.15, -0.1) is 11.3 Å². The third kappa shape index (κ3) is 4.39. The van der Waals surface area contributed by atoms with Gasteiger partial charge in [0.05, 0.1) is 17.8 Å². The highest BCUT2D eigenvalue weighted by Gasteiger charge is 2.22. The van der Waals surface area contributed by atoms with E-state index in [-0.39, 0.29) is 17.9 Å². The Balaban J connectivity index is 1.37. The second-order valence-corrected chi connectivity index (χ2v) is 8.38. The molecule has 1 fully saturated rings. The Morgan fingerprint density at radius 3 is 2.81 bits per heavy atom. The van der Waals surface area contributed by atoms with Gasteiger partial charge in [-0.3, -0.25) is 14.5 Å². The molecule has 2 aliphatic rings. The van der Waals surface area contributed by atoms with E-state index >= 15 is 0 Å². The molecule has 1 aromatic carbocycles. The maximum Gasteiger partial charge on any atom is 0.253 e. The van der Waals surface area contributed by atoms with Crippen LogP contribution in [0.4, 0.5) is 5.69 Å². The third-order valence-corrected chi connectivity index (χ3v) is 6.41. The summed E-state index contributed by atoms with van der Waals surface area (Å²) in [6.45, 7) is 2.05. The highest BCUT2D eigenvalue weighted by atomic mass is 32.1. The Kier molecular flexibility index (Phi) is 5.55. The van der Waals surface area contributed by atoms with E-state index in [0.717, 1.165) is 32.4 Å². The normalized spacial score (nSPS) is 17.5. The fourth-order valence-corrected chi connectivity index (χ4v) is 4.85. The molecule has 0 unspecified atom stereocenters. The summed E-state index contributed by atoms with van der Waals surface area (Å²) in [5.41, 5.74) is 2.46. The van der Waals surface area contributed by atoms with Crippen molar-refractivity contribution in [3.63, 3.8) is 0 Å². The fraction of sp³-hybridized carbons (Fsp3) is 0.429. The van der Waals surface area contributed by atoms with Gasteiger partial charge in [-0.05, 0) is 48.4 Å². The molecule has 5 nitrogen and oxygen atoms in total. The molecule has 2 amide bonds. The van der Waals surface area contributed by atoms with Crippen molar-refractivity contribution in [3.05, 3.63) is 51.7 Å². The number of benzene rings is 1. The lowest BCUT2D eigenvalue weighted by Gasteiger charge is -2.26. The lowest BCUT2D eigenvalue weighted by atomic mass is 10.1. The van der Waals surface area contributed by atoms with Crippen LogP contribution in [0.3, 0.4) is 0 Å². The number of rotatable bonds is 5. The molecule has 6 heteroatoms. The summed E-state index contributed by atoms with van der Waals surface area (Å²) < 4.78 is 0. The number of hydrogen-bond acceptors (Lipinski definition) is 4. The number of fused-ring (bicyclic) bond motifs is 1. The summed E-state index contributed by atoms with van der Waals surface area (Å²) >= 11 is 1.80. The third-order valence-electron chi connectivity index (χ3n) is 5.39. The second kappa shape index (κ2) is 8.23. The first-order valence-electron chi connectivity index (χ1n) is 9.66. The Morgan fingerprint density at radius 2 is 1.96 bits per heavy atom. The minimum atomic E-state index is -0.0984. The van der Waals surface area contributed by atoms with Crippen molar-refractivity contribution in [2.75, 3.05) is 18.4 Å². The molecule has 1 saturated carbocycles. The average molecular weight is 384 g/mol. The fourth-order valence-electron chi connectivity index (χ4n) is 3.96. The molecule has 1 aliphatic carbocycles. The van der Waals surface area contributed by atoms with Gasteiger partial charge in [0, 0.05) is 24.0 Å². The van der Waals surface area contributed by atoms with Crippen molar-refractivity contribution in [1.29, 1.82) is 0 Å². The zero-order valence-corrected chi connectivity index (χ0v) is 16.2. The van der Waals surface area contributed by atoms with Crippen molar-refractivity contribution in [1.82, 2.24) is 10.2 Å². The van der Waals surface area contributed by atoms with E-state index in [2.05, 4.69) is 27.0 Å². The molecule has 0 atom stereocenters. The van der Waals surface area contributed by atoms with Crippen molar-refractivity contribution in [2.45, 2.75) is 44.7 Å². The zero-order chi connectivity index (χ0) is 18.6. The van der Waals surface area contributed by atoms with Crippen LogP contribution in [0.2, 0.25) is 0 Å². The average Bonchev–Trinajstić information content (AvgIpc) is 3.33. The van der Waals surface area contributed by atoms with Gasteiger partial charge in [-0.25, -0.2) is 0 Å². The van der Waals surface area contributed by atoms with Crippen LogP contribution in [0.25, 0.3) is 0 Å². The number of thiophene rings is 1. The first kappa shape index (κ1) is 18.2. The van der Waals surface area contributed by atoms with Crippen LogP contribution in [-0.4, -0.2) is 35.8 Å². The van der Waals surface area contributed by atoms with Gasteiger partial charge in [0.2, 0.25) is 5.91 Å². The van der Waals surface area contributed by atoms with Crippen LogP contribution in [0.15, 0.2) is 35.7 Å². The molecule has 1 aromatic heterocycles. The van der Waals surface area contributed by atoms with Crippen molar-refractivity contribution in [3.8, 4) is 0 Å². The molecule has 2 N–H and O–H groups in total. The molecule has 0 saturated heterocycles. The summed E-state index contributed by atoms with van der Waals surface area (Å²) in [7, 11) is 0. The van der Waals surface area contributed by atoms with Crippen LogP contribution in [0, 0.1) is 0 Å². The van der Waals surface area contributed by atoms with E-state index in [4.69, 9.17) is 0 Å². The van der Waals surface area contributed by atoms with Gasteiger partial charge >= 0.3 is 0 Å². The quantitative estimate of drug-likeness (QED) is 0.832. The number of anilines is 1. The highest BCUT2D eigenvalue weighted by molar-refractivity contribution is 7.10. The summed E-state index contributed by atoms with van der Waals surface area (Å²) in [5, 5.41) is 8.16. The predicted molar refractivity (Wildman–Crippen MR) is 108 cm³/mol. The van der Waals surface area contributed by atoms with Gasteiger partial charge in [-0.1, -0.05) is 25.0 Å². The first-order valence-corrected chi connectivity index (χ1v) is 10.5. The minimum absolute atomic E-state index is 0.0743. The van der Waals surface area contributed by atoms with E-state index in [0.29, 0.717) is 17.8 Å². The Morgan fingerprint density at radius 1 is 1.15 bits per heavy atom. The van der Waals surface area contributed by atoms with Gasteiger partial charge < -0.3 is 10.6 Å². The molecular formula is C21H25N3O2S. The molecule has 0 bridgehead atoms. The maximum absolute atomic E-state index is 12.6. The lowest BCUT2D eigenvalue weighted by molar-refractivity contribution is -0.117. The van der Waals surface area contributed by atoms with Crippen molar-refractivity contribution in [2.24, 2.45) is 0 Å². The minimum Gasteiger partial charge on any atom is -0.349 e. The standard InChI is InChI=1S/C21H25N3O2S/c25-20(14-24-11-9-19-15(13-24)10-12-27-19)23-18-8-4-3-7-17(18)21(26)22-16-5-1-2-6-16/h3-4,7-8,10,12,16H,1-2,5-6,9,11,13-14H2,(H,22,26)(H,23,25). The van der Waals surface area contributed by atoms with E-state index in [1.54, 1.807) is 23.5 Å².